The zero-order valence-electron chi connectivity index (χ0n) is 16.2. The molecule has 1 heterocycles. The third kappa shape index (κ3) is 3.16. The number of fused-ring (bicyclic) bond motifs is 1. The van der Waals surface area contributed by atoms with E-state index in [4.69, 9.17) is 0 Å². The van der Waals surface area contributed by atoms with Crippen LogP contribution in [0.25, 0.3) is 11.1 Å². The van der Waals surface area contributed by atoms with E-state index in [1.54, 1.807) is 12.1 Å². The van der Waals surface area contributed by atoms with Gasteiger partial charge in [-0.1, -0.05) is 24.3 Å². The summed E-state index contributed by atoms with van der Waals surface area (Å²) in [6.45, 7) is 2.65. The first-order valence-electron chi connectivity index (χ1n) is 9.14. The number of aliphatic hydroxyl groups is 1. The molecular weight excluding hydrogens is 405 g/mol. The van der Waals surface area contributed by atoms with E-state index in [1.807, 2.05) is 0 Å². The third-order valence-corrected chi connectivity index (χ3v) is 7.31. The Balaban J connectivity index is 1.77. The van der Waals surface area contributed by atoms with Crippen molar-refractivity contribution in [1.29, 1.82) is 0 Å². The maximum absolute atomic E-state index is 15.0. The summed E-state index contributed by atoms with van der Waals surface area (Å²) < 4.78 is 69.1. The second kappa shape index (κ2) is 6.12. The van der Waals surface area contributed by atoms with Crippen molar-refractivity contribution < 1.29 is 26.7 Å². The Morgan fingerprint density at radius 2 is 1.86 bits per heavy atom. The summed E-state index contributed by atoms with van der Waals surface area (Å²) in [6, 6.07) is 9.21. The molecule has 1 atom stereocenters. The normalized spacial score (nSPS) is 22.0. The fourth-order valence-corrected chi connectivity index (χ4v) is 5.10. The molecule has 9 heteroatoms. The molecule has 1 aliphatic carbocycles. The van der Waals surface area contributed by atoms with E-state index in [2.05, 4.69) is 0 Å². The highest BCUT2D eigenvalue weighted by Gasteiger charge is 2.59. The largest absolute Gasteiger partial charge is 0.386 e. The first kappa shape index (κ1) is 20.0. The summed E-state index contributed by atoms with van der Waals surface area (Å²) in [7, 11) is -2.63. The number of halogens is 3. The smallest absolute Gasteiger partial charge is 0.326 e. The Morgan fingerprint density at radius 1 is 1.21 bits per heavy atom. The van der Waals surface area contributed by atoms with Crippen LogP contribution in [0.1, 0.15) is 25.8 Å². The minimum absolute atomic E-state index is 0.120. The van der Waals surface area contributed by atoms with Gasteiger partial charge in [0, 0.05) is 37.1 Å². The van der Waals surface area contributed by atoms with Crippen molar-refractivity contribution in [3.63, 3.8) is 0 Å². The van der Waals surface area contributed by atoms with Crippen LogP contribution in [0, 0.1) is 11.7 Å². The monoisotopic (exact) mass is 426 g/mol. The van der Waals surface area contributed by atoms with Gasteiger partial charge in [-0.05, 0) is 31.5 Å². The SMILES string of the molecule is CN1c2cc(-c3cccc(C(C)(C)O)c3F)ccc2N(CC2CC2(F)F)S1(=O)=O. The van der Waals surface area contributed by atoms with E-state index in [9.17, 15) is 22.3 Å². The van der Waals surface area contributed by atoms with Crippen molar-refractivity contribution in [2.45, 2.75) is 31.8 Å². The van der Waals surface area contributed by atoms with Gasteiger partial charge < -0.3 is 5.11 Å². The van der Waals surface area contributed by atoms with Gasteiger partial charge in [0.2, 0.25) is 0 Å². The van der Waals surface area contributed by atoms with Crippen molar-refractivity contribution in [2.75, 3.05) is 22.2 Å². The predicted molar refractivity (Wildman–Crippen MR) is 105 cm³/mol. The molecule has 2 aromatic carbocycles. The highest BCUT2D eigenvalue weighted by atomic mass is 32.2. The lowest BCUT2D eigenvalue weighted by atomic mass is 9.93. The number of hydrogen-bond acceptors (Lipinski definition) is 3. The molecule has 5 nitrogen and oxygen atoms in total. The molecular formula is C20H21F3N2O3S. The lowest BCUT2D eigenvalue weighted by Crippen LogP contribution is -2.37. The van der Waals surface area contributed by atoms with Crippen molar-refractivity contribution >= 4 is 21.6 Å². The Hall–Kier alpha value is -2.26. The minimum Gasteiger partial charge on any atom is -0.386 e. The summed E-state index contributed by atoms with van der Waals surface area (Å²) in [5.41, 5.74) is -0.0477. The summed E-state index contributed by atoms with van der Waals surface area (Å²) in [5, 5.41) is 10.2. The van der Waals surface area contributed by atoms with E-state index in [-0.39, 0.29) is 29.8 Å². The number of benzene rings is 2. The van der Waals surface area contributed by atoms with Crippen LogP contribution in [0.2, 0.25) is 0 Å². The molecule has 2 aliphatic rings. The molecule has 156 valence electrons. The standard InChI is InChI=1S/C20H21F3N2O3S/c1-19(2,26)15-6-4-5-14(18(15)21)12-7-8-16-17(9-12)24(3)29(27,28)25(16)11-13-10-20(13,22)23/h4-9,13,26H,10-11H2,1-3H3. The van der Waals surface area contributed by atoms with E-state index >= 15 is 4.39 Å². The van der Waals surface area contributed by atoms with Gasteiger partial charge in [0.05, 0.1) is 17.0 Å². The Bertz CT molecular complexity index is 1100. The molecule has 1 unspecified atom stereocenters. The molecule has 1 saturated carbocycles. The predicted octanol–water partition coefficient (Wildman–Crippen LogP) is 3.88. The molecule has 1 aliphatic heterocycles. The molecule has 1 N–H and O–H groups in total. The van der Waals surface area contributed by atoms with Gasteiger partial charge in [0.25, 0.3) is 5.92 Å². The van der Waals surface area contributed by atoms with Crippen LogP contribution >= 0.6 is 0 Å². The molecule has 1 fully saturated rings. The highest BCUT2D eigenvalue weighted by molar-refractivity contribution is 7.94. The molecule has 29 heavy (non-hydrogen) atoms. The molecule has 0 bridgehead atoms. The van der Waals surface area contributed by atoms with Crippen molar-refractivity contribution in [1.82, 2.24) is 0 Å². The number of alkyl halides is 2. The zero-order chi connectivity index (χ0) is 21.4. The topological polar surface area (TPSA) is 60.9 Å². The van der Waals surface area contributed by atoms with Crippen LogP contribution in [-0.2, 0) is 15.8 Å². The van der Waals surface area contributed by atoms with Crippen LogP contribution in [0.5, 0.6) is 0 Å². The van der Waals surface area contributed by atoms with E-state index < -0.39 is 33.5 Å². The molecule has 2 aromatic rings. The Morgan fingerprint density at radius 3 is 2.45 bits per heavy atom. The number of hydrogen-bond donors (Lipinski definition) is 1. The van der Waals surface area contributed by atoms with Crippen molar-refractivity contribution in [2.24, 2.45) is 5.92 Å². The molecule has 0 amide bonds. The fourth-order valence-electron chi connectivity index (χ4n) is 3.64. The van der Waals surface area contributed by atoms with Crippen LogP contribution in [0.15, 0.2) is 36.4 Å². The van der Waals surface area contributed by atoms with Crippen molar-refractivity contribution in [3.05, 3.63) is 47.8 Å². The summed E-state index contributed by atoms with van der Waals surface area (Å²) in [5.74, 6) is -4.44. The van der Waals surface area contributed by atoms with Crippen LogP contribution < -0.4 is 8.61 Å². The maximum Gasteiger partial charge on any atom is 0.326 e. The average Bonchev–Trinajstić information content (AvgIpc) is 3.18. The Labute approximate surface area is 167 Å². The molecule has 0 aromatic heterocycles. The van der Waals surface area contributed by atoms with E-state index in [0.29, 0.717) is 11.3 Å². The quantitative estimate of drug-likeness (QED) is 0.807. The lowest BCUT2D eigenvalue weighted by molar-refractivity contribution is 0.0746. The third-order valence-electron chi connectivity index (χ3n) is 5.52. The number of anilines is 2. The maximum atomic E-state index is 15.0. The van der Waals surface area contributed by atoms with Crippen LogP contribution in [0.4, 0.5) is 24.5 Å². The van der Waals surface area contributed by atoms with Gasteiger partial charge in [0.15, 0.2) is 0 Å². The van der Waals surface area contributed by atoms with E-state index in [0.717, 1.165) is 8.61 Å². The first-order valence-corrected chi connectivity index (χ1v) is 10.5. The summed E-state index contributed by atoms with van der Waals surface area (Å²) in [4.78, 5) is 0. The summed E-state index contributed by atoms with van der Waals surface area (Å²) >= 11 is 0. The van der Waals surface area contributed by atoms with Gasteiger partial charge in [0.1, 0.15) is 5.82 Å². The molecule has 0 radical (unpaired) electrons. The van der Waals surface area contributed by atoms with E-state index in [1.165, 1.54) is 45.2 Å². The summed E-state index contributed by atoms with van der Waals surface area (Å²) in [6.07, 6.45) is -0.328. The minimum atomic E-state index is -3.97. The van der Waals surface area contributed by atoms with Crippen molar-refractivity contribution in [3.8, 4) is 11.1 Å². The molecule has 0 spiro atoms. The van der Waals surface area contributed by atoms with Crippen LogP contribution in [-0.4, -0.2) is 33.0 Å². The second-order valence-corrected chi connectivity index (χ2v) is 9.98. The zero-order valence-corrected chi connectivity index (χ0v) is 17.0. The van der Waals surface area contributed by atoms with Gasteiger partial charge in [-0.2, -0.15) is 8.42 Å². The molecule has 0 saturated heterocycles. The number of rotatable bonds is 4. The van der Waals surface area contributed by atoms with Crippen LogP contribution in [0.3, 0.4) is 0 Å². The first-order chi connectivity index (χ1) is 13.3. The van der Waals surface area contributed by atoms with Gasteiger partial charge in [-0.3, -0.25) is 8.61 Å². The van der Waals surface area contributed by atoms with Gasteiger partial charge in [-0.25, -0.2) is 13.2 Å². The van der Waals surface area contributed by atoms with Gasteiger partial charge >= 0.3 is 10.2 Å². The van der Waals surface area contributed by atoms with Gasteiger partial charge in [-0.15, -0.1) is 0 Å². The Kier molecular flexibility index (Phi) is 4.23. The molecule has 4 rings (SSSR count). The fraction of sp³-hybridized carbons (Fsp3) is 0.400. The average molecular weight is 426 g/mol. The lowest BCUT2D eigenvalue weighted by Gasteiger charge is -2.20. The number of nitrogens with zero attached hydrogens (tertiary/aromatic N) is 2. The second-order valence-electron chi connectivity index (χ2n) is 8.10. The highest BCUT2D eigenvalue weighted by Crippen LogP contribution is 2.51.